The van der Waals surface area contributed by atoms with Crippen LogP contribution < -0.4 is 0 Å². The van der Waals surface area contributed by atoms with Gasteiger partial charge in [-0.3, -0.25) is 0 Å². The first-order chi connectivity index (χ1) is 37.8. The molecular weight excluding hydrogens is 965 g/mol. The molecule has 0 rings (SSSR count). The first kappa shape index (κ1) is 76.6. The lowest BCUT2D eigenvalue weighted by atomic mass is 10.0. The number of rotatable bonds is 72. The molecule has 0 bridgehead atoms. The summed E-state index contributed by atoms with van der Waals surface area (Å²) in [5.41, 5.74) is 0. The fourth-order valence-corrected chi connectivity index (χ4v) is 15.2. The van der Waals surface area contributed by atoms with Gasteiger partial charge in [-0.1, -0.05) is 456 Å². The third-order valence-corrected chi connectivity index (χ3v) is 23.2. The molecule has 0 aromatic heterocycles. The molecule has 0 fully saturated rings. The maximum Gasteiger partial charge on any atom is 0.182 e. The molecule has 0 amide bonds. The Morgan fingerprint density at radius 2 is 0.276 bits per heavy atom. The summed E-state index contributed by atoms with van der Waals surface area (Å²) < 4.78 is 0. The van der Waals surface area contributed by atoms with Crippen molar-refractivity contribution in [2.45, 2.75) is 462 Å². The van der Waals surface area contributed by atoms with Gasteiger partial charge in [-0.25, -0.2) is 0 Å². The van der Waals surface area contributed by atoms with Crippen LogP contribution in [0, 0.1) is 0 Å². The summed E-state index contributed by atoms with van der Waals surface area (Å²) in [5.74, 6) is 0. The molecule has 0 aliphatic rings. The average Bonchev–Trinajstić information content (AvgIpc) is 3.43. The van der Waals surface area contributed by atoms with Crippen LogP contribution in [0.25, 0.3) is 0 Å². The van der Waals surface area contributed by atoms with Crippen molar-refractivity contribution in [1.82, 2.24) is 0 Å². The van der Waals surface area contributed by atoms with Crippen LogP contribution in [0.3, 0.4) is 0 Å². The zero-order valence-corrected chi connectivity index (χ0v) is 56.2. The molecule has 0 saturated carbocycles. The van der Waals surface area contributed by atoms with Gasteiger partial charge in [-0.15, -0.1) is 0 Å². The maximum atomic E-state index is 9.70. The fourth-order valence-electron chi connectivity index (χ4n) is 12.4. The quantitative estimate of drug-likeness (QED) is 0.0475. The van der Waals surface area contributed by atoms with Gasteiger partial charge in [0.25, 0.3) is 0 Å². The molecule has 1 nitrogen and oxygen atoms in total. The molecule has 452 valence electrons. The smallest absolute Gasteiger partial charge is 0.182 e. The number of hydrogen-bond donors (Lipinski definition) is 1. The van der Waals surface area contributed by atoms with Crippen molar-refractivity contribution in [2.24, 2.45) is 0 Å². The fraction of sp³-hybridized carbons (Fsp3) is 1.00. The van der Waals surface area contributed by atoms with Gasteiger partial charge < -0.3 is 4.80 Å². The van der Waals surface area contributed by atoms with E-state index in [9.17, 15) is 4.80 Å². The lowest BCUT2D eigenvalue weighted by Gasteiger charge is -2.05. The van der Waals surface area contributed by atoms with Crippen molar-refractivity contribution in [2.75, 3.05) is 0 Å². The molecule has 76 heavy (non-hydrogen) atoms. The Morgan fingerprint density at radius 1 is 0.184 bits per heavy atom. The Kier molecular flexibility index (Phi) is 74.2. The molecule has 0 aliphatic heterocycles. The highest BCUT2D eigenvalue weighted by molar-refractivity contribution is 7.28. The first-order valence-corrected chi connectivity index (χ1v) is 41.9. The van der Waals surface area contributed by atoms with E-state index in [-0.39, 0.29) is 0 Å². The molecule has 0 spiro atoms. The Hall–Kier alpha value is 0.611. The molecule has 0 atom stereocenters. The van der Waals surface area contributed by atoms with Crippen molar-refractivity contribution in [3.63, 3.8) is 0 Å². The highest BCUT2D eigenvalue weighted by atomic mass is 29.5. The van der Waals surface area contributed by atoms with Gasteiger partial charge in [0, 0.05) is 18.3 Å². The second-order valence-corrected chi connectivity index (χ2v) is 32.1. The molecule has 6 radical (unpaired) electrons. The summed E-state index contributed by atoms with van der Waals surface area (Å²) in [6.07, 6.45) is 103. The van der Waals surface area contributed by atoms with Gasteiger partial charge in [0.1, 0.15) is 0 Å². The molecule has 0 aliphatic carbocycles. The Morgan fingerprint density at radius 3 is 0.368 bits per heavy atom. The van der Waals surface area contributed by atoms with Gasteiger partial charge in [0.15, 0.2) is 8.56 Å². The van der Waals surface area contributed by atoms with E-state index in [2.05, 4.69) is 16.7 Å². The summed E-state index contributed by atoms with van der Waals surface area (Å²) in [6, 6.07) is 1.08. The van der Waals surface area contributed by atoms with E-state index in [4.69, 9.17) is 0 Å². The maximum absolute atomic E-state index is 9.70. The van der Waals surface area contributed by atoms with E-state index in [1.807, 2.05) is 0 Å². The van der Waals surface area contributed by atoms with Crippen molar-refractivity contribution < 1.29 is 4.80 Å². The SMILES string of the molecule is CCCCCCCCCCCCCCCCCCCCCCCCCCCCCCCCCCCCCCCCCCCCCCCCCCCCCCCCCCCCCCCCCCCCCCCC[Si](O)[Si][Si]. The first-order valence-electron chi connectivity index (χ1n) is 36.8. The number of unbranched alkanes of at least 4 members (excludes halogenated alkanes) is 69. The van der Waals surface area contributed by atoms with Crippen molar-refractivity contribution in [3.05, 3.63) is 0 Å². The highest BCUT2D eigenvalue weighted by Crippen LogP contribution is 2.21. The molecule has 0 heterocycles. The summed E-state index contributed by atoms with van der Waals surface area (Å²) >= 11 is 0. The molecule has 4 heteroatoms. The second kappa shape index (κ2) is 73.6. The Balaban J connectivity index is 3.08. The molecule has 0 aromatic rings. The van der Waals surface area contributed by atoms with Crippen LogP contribution in [-0.4, -0.2) is 31.7 Å². The van der Waals surface area contributed by atoms with Crippen LogP contribution in [0.1, 0.15) is 456 Å². The molecule has 1 N–H and O–H groups in total. The molecule has 0 saturated heterocycles. The van der Waals surface area contributed by atoms with Crippen LogP contribution in [0.4, 0.5) is 0 Å². The normalized spacial score (nSPS) is 11.8. The average molecular weight is 1110 g/mol. The third-order valence-electron chi connectivity index (χ3n) is 17.9. The Bertz CT molecular complexity index is 960. The predicted molar refractivity (Wildman–Crippen MR) is 353 cm³/mol. The third kappa shape index (κ3) is 72.6. The molecular formula is C72H146OSi3. The summed E-state index contributed by atoms with van der Waals surface area (Å²) in [7, 11) is 3.05. The van der Waals surface area contributed by atoms with Crippen LogP contribution in [0.5, 0.6) is 0 Å². The van der Waals surface area contributed by atoms with E-state index in [0.29, 0.717) is 8.55 Å². The van der Waals surface area contributed by atoms with Crippen molar-refractivity contribution >= 4 is 26.9 Å². The molecule has 0 aromatic carbocycles. The standard InChI is InChI=1S/C72H146OSi3/c1-2-3-4-5-6-7-8-9-10-11-12-13-14-15-16-17-18-19-20-21-22-23-24-25-26-27-28-29-30-31-32-33-34-35-36-37-38-39-40-41-42-43-44-45-46-47-48-49-50-51-52-53-54-55-56-57-58-59-60-61-62-63-64-65-66-67-68-69-70-71-72-76(73)75-74/h73H,2-72H2,1H3. The lowest BCUT2D eigenvalue weighted by molar-refractivity contribution is 0.506. The Labute approximate surface area is 491 Å². The largest absolute Gasteiger partial charge is 0.435 e. The van der Waals surface area contributed by atoms with Crippen LogP contribution in [0.2, 0.25) is 6.04 Å². The van der Waals surface area contributed by atoms with E-state index >= 15 is 0 Å². The minimum absolute atomic E-state index is 0.603. The van der Waals surface area contributed by atoms with Crippen molar-refractivity contribution in [3.8, 4) is 0 Å². The minimum Gasteiger partial charge on any atom is -0.435 e. The number of hydrogen-bond acceptors (Lipinski definition) is 1. The van der Waals surface area contributed by atoms with Crippen LogP contribution in [0.15, 0.2) is 0 Å². The molecule has 0 unspecified atom stereocenters. The van der Waals surface area contributed by atoms with Crippen LogP contribution >= 0.6 is 0 Å². The topological polar surface area (TPSA) is 20.2 Å². The van der Waals surface area contributed by atoms with E-state index in [1.165, 1.54) is 449 Å². The van der Waals surface area contributed by atoms with Gasteiger partial charge in [0.05, 0.1) is 0 Å². The summed E-state index contributed by atoms with van der Waals surface area (Å²) in [6.45, 7) is 2.32. The summed E-state index contributed by atoms with van der Waals surface area (Å²) in [5, 5.41) is 0. The van der Waals surface area contributed by atoms with Gasteiger partial charge >= 0.3 is 0 Å². The highest BCUT2D eigenvalue weighted by Gasteiger charge is 2.05. The predicted octanol–water partition coefficient (Wildman–Crippen LogP) is 26.6. The van der Waals surface area contributed by atoms with E-state index < -0.39 is 8.56 Å². The zero-order valence-electron chi connectivity index (χ0n) is 53.2. The zero-order chi connectivity index (χ0) is 54.5. The van der Waals surface area contributed by atoms with Gasteiger partial charge in [-0.05, 0) is 6.04 Å². The lowest BCUT2D eigenvalue weighted by Crippen LogP contribution is -2.21. The minimum atomic E-state index is -1.03. The van der Waals surface area contributed by atoms with Gasteiger partial charge in [-0.2, -0.15) is 0 Å². The van der Waals surface area contributed by atoms with E-state index in [0.717, 1.165) is 6.04 Å². The van der Waals surface area contributed by atoms with E-state index in [1.54, 1.807) is 0 Å². The van der Waals surface area contributed by atoms with Crippen molar-refractivity contribution in [1.29, 1.82) is 0 Å². The summed E-state index contributed by atoms with van der Waals surface area (Å²) in [4.78, 5) is 9.70. The van der Waals surface area contributed by atoms with Gasteiger partial charge in [0.2, 0.25) is 0 Å². The second-order valence-electron chi connectivity index (χ2n) is 25.7. The van der Waals surface area contributed by atoms with Crippen LogP contribution in [-0.2, 0) is 0 Å². The monoisotopic (exact) mass is 1110 g/mol.